The molecule has 0 aliphatic carbocycles. The zero-order valence-corrected chi connectivity index (χ0v) is 15.4. The second kappa shape index (κ2) is 9.33. The molecule has 2 aromatic rings. The topological polar surface area (TPSA) is 85.9 Å². The molecule has 1 aliphatic heterocycles. The van der Waals surface area contributed by atoms with Crippen LogP contribution in [0.4, 0.5) is 5.69 Å². The minimum Gasteiger partial charge on any atom is -0.485 e. The number of carbonyl (C=O) groups excluding carboxylic acids is 2. The SMILES string of the molecule is CC(=O)Nc1cccc(OCC#CCNC(=O)C2COc3ccccc3O2)c1. The van der Waals surface area contributed by atoms with Gasteiger partial charge in [0, 0.05) is 18.7 Å². The van der Waals surface area contributed by atoms with Gasteiger partial charge in [0.1, 0.15) is 19.0 Å². The average Bonchev–Trinajstić information content (AvgIpc) is 2.70. The van der Waals surface area contributed by atoms with E-state index in [-0.39, 0.29) is 31.6 Å². The number of nitrogens with one attached hydrogen (secondary N) is 2. The molecule has 2 amide bonds. The van der Waals surface area contributed by atoms with Crippen LogP contribution in [0.5, 0.6) is 17.2 Å². The predicted molar refractivity (Wildman–Crippen MR) is 103 cm³/mol. The zero-order valence-electron chi connectivity index (χ0n) is 15.4. The lowest BCUT2D eigenvalue weighted by Crippen LogP contribution is -2.44. The van der Waals surface area contributed by atoms with Gasteiger partial charge in [-0.3, -0.25) is 9.59 Å². The quantitative estimate of drug-likeness (QED) is 0.775. The van der Waals surface area contributed by atoms with Crippen LogP contribution in [0, 0.1) is 11.8 Å². The second-order valence-electron chi connectivity index (χ2n) is 5.93. The summed E-state index contributed by atoms with van der Waals surface area (Å²) in [4.78, 5) is 23.2. The highest BCUT2D eigenvalue weighted by Gasteiger charge is 2.26. The molecule has 2 aromatic carbocycles. The van der Waals surface area contributed by atoms with Gasteiger partial charge in [-0.2, -0.15) is 0 Å². The average molecular weight is 380 g/mol. The molecule has 28 heavy (non-hydrogen) atoms. The lowest BCUT2D eigenvalue weighted by Gasteiger charge is -2.25. The first kappa shape index (κ1) is 19.1. The molecule has 0 aromatic heterocycles. The molecule has 144 valence electrons. The van der Waals surface area contributed by atoms with Gasteiger partial charge in [-0.1, -0.05) is 30.0 Å². The summed E-state index contributed by atoms with van der Waals surface area (Å²) in [5.74, 6) is 6.98. The maximum Gasteiger partial charge on any atom is 0.265 e. The molecule has 0 saturated heterocycles. The fourth-order valence-corrected chi connectivity index (χ4v) is 2.49. The predicted octanol–water partition coefficient (Wildman–Crippen LogP) is 1.98. The lowest BCUT2D eigenvalue weighted by molar-refractivity contribution is -0.130. The maximum absolute atomic E-state index is 12.1. The molecule has 7 heteroatoms. The highest BCUT2D eigenvalue weighted by atomic mass is 16.6. The van der Waals surface area contributed by atoms with Gasteiger partial charge in [0.2, 0.25) is 12.0 Å². The first-order valence-electron chi connectivity index (χ1n) is 8.74. The van der Waals surface area contributed by atoms with Crippen molar-refractivity contribution in [3.63, 3.8) is 0 Å². The van der Waals surface area contributed by atoms with Crippen LogP contribution in [0.15, 0.2) is 48.5 Å². The van der Waals surface area contributed by atoms with Gasteiger partial charge in [0.25, 0.3) is 5.91 Å². The Bertz CT molecular complexity index is 916. The summed E-state index contributed by atoms with van der Waals surface area (Å²) >= 11 is 0. The number of ether oxygens (including phenoxy) is 3. The normalized spacial score (nSPS) is 14.2. The number of rotatable bonds is 5. The number of anilines is 1. The van der Waals surface area contributed by atoms with E-state index < -0.39 is 6.10 Å². The molecule has 1 unspecified atom stereocenters. The van der Waals surface area contributed by atoms with E-state index in [2.05, 4.69) is 22.5 Å². The van der Waals surface area contributed by atoms with E-state index in [1.165, 1.54) is 6.92 Å². The number of benzene rings is 2. The monoisotopic (exact) mass is 380 g/mol. The van der Waals surface area contributed by atoms with Gasteiger partial charge in [-0.15, -0.1) is 0 Å². The number of hydrogen-bond donors (Lipinski definition) is 2. The van der Waals surface area contributed by atoms with Crippen molar-refractivity contribution in [2.75, 3.05) is 25.1 Å². The second-order valence-corrected chi connectivity index (χ2v) is 5.93. The third-order valence-corrected chi connectivity index (χ3v) is 3.74. The van der Waals surface area contributed by atoms with Gasteiger partial charge in [0.05, 0.1) is 6.54 Å². The van der Waals surface area contributed by atoms with Crippen LogP contribution in [0.25, 0.3) is 0 Å². The molecule has 0 saturated carbocycles. The molecule has 0 radical (unpaired) electrons. The summed E-state index contributed by atoms with van der Waals surface area (Å²) in [6.07, 6.45) is -0.704. The van der Waals surface area contributed by atoms with Gasteiger partial charge >= 0.3 is 0 Å². The summed E-state index contributed by atoms with van der Waals surface area (Å²) in [6, 6.07) is 14.2. The molecule has 1 heterocycles. The summed E-state index contributed by atoms with van der Waals surface area (Å²) in [6.45, 7) is 1.94. The van der Waals surface area contributed by atoms with E-state index in [0.29, 0.717) is 22.9 Å². The molecule has 7 nitrogen and oxygen atoms in total. The van der Waals surface area contributed by atoms with Crippen molar-refractivity contribution in [1.82, 2.24) is 5.32 Å². The fraction of sp³-hybridized carbons (Fsp3) is 0.238. The number of hydrogen-bond acceptors (Lipinski definition) is 5. The van der Waals surface area contributed by atoms with Crippen molar-refractivity contribution in [2.45, 2.75) is 13.0 Å². The Morgan fingerprint density at radius 2 is 1.96 bits per heavy atom. The molecule has 2 N–H and O–H groups in total. The summed E-state index contributed by atoms with van der Waals surface area (Å²) in [5, 5.41) is 5.37. The third-order valence-electron chi connectivity index (χ3n) is 3.74. The van der Waals surface area contributed by atoms with E-state index in [0.717, 1.165) is 0 Å². The fourth-order valence-electron chi connectivity index (χ4n) is 2.49. The Kier molecular flexibility index (Phi) is 6.37. The maximum atomic E-state index is 12.1. The van der Waals surface area contributed by atoms with Crippen LogP contribution >= 0.6 is 0 Å². The molecule has 0 spiro atoms. The van der Waals surface area contributed by atoms with Crippen molar-refractivity contribution >= 4 is 17.5 Å². The van der Waals surface area contributed by atoms with Crippen LogP contribution in [0.2, 0.25) is 0 Å². The summed E-state index contributed by atoms with van der Waals surface area (Å²) < 4.78 is 16.7. The molecular weight excluding hydrogens is 360 g/mol. The van der Waals surface area contributed by atoms with E-state index >= 15 is 0 Å². The number of fused-ring (bicyclic) bond motifs is 1. The van der Waals surface area contributed by atoms with E-state index in [4.69, 9.17) is 14.2 Å². The van der Waals surface area contributed by atoms with E-state index in [1.54, 1.807) is 36.4 Å². The van der Waals surface area contributed by atoms with Crippen molar-refractivity contribution in [3.05, 3.63) is 48.5 Å². The Labute approximate surface area is 163 Å². The van der Waals surface area contributed by atoms with Crippen LogP contribution in [0.3, 0.4) is 0 Å². The van der Waals surface area contributed by atoms with Crippen molar-refractivity contribution in [2.24, 2.45) is 0 Å². The van der Waals surface area contributed by atoms with Crippen molar-refractivity contribution < 1.29 is 23.8 Å². The van der Waals surface area contributed by atoms with Crippen molar-refractivity contribution in [3.8, 4) is 29.1 Å². The number of amides is 2. The van der Waals surface area contributed by atoms with Gasteiger partial charge in [-0.05, 0) is 24.3 Å². The molecular formula is C21H20N2O5. The summed E-state index contributed by atoms with van der Waals surface area (Å²) in [7, 11) is 0. The zero-order chi connectivity index (χ0) is 19.8. The number of para-hydroxylation sites is 2. The Morgan fingerprint density at radius 3 is 2.79 bits per heavy atom. The van der Waals surface area contributed by atoms with Gasteiger partial charge < -0.3 is 24.8 Å². The van der Waals surface area contributed by atoms with Crippen LogP contribution < -0.4 is 24.8 Å². The Morgan fingerprint density at radius 1 is 1.14 bits per heavy atom. The smallest absolute Gasteiger partial charge is 0.265 e. The largest absolute Gasteiger partial charge is 0.485 e. The van der Waals surface area contributed by atoms with Crippen LogP contribution in [-0.4, -0.2) is 37.7 Å². The molecule has 1 aliphatic rings. The van der Waals surface area contributed by atoms with Crippen molar-refractivity contribution in [1.29, 1.82) is 0 Å². The highest BCUT2D eigenvalue weighted by molar-refractivity contribution is 5.88. The van der Waals surface area contributed by atoms with Gasteiger partial charge in [-0.25, -0.2) is 0 Å². The Hall–Kier alpha value is -3.66. The summed E-state index contributed by atoms with van der Waals surface area (Å²) in [5.41, 5.74) is 0.654. The van der Waals surface area contributed by atoms with Gasteiger partial charge in [0.15, 0.2) is 11.5 Å². The molecule has 3 rings (SSSR count). The molecule has 0 fully saturated rings. The first-order valence-corrected chi connectivity index (χ1v) is 8.74. The lowest BCUT2D eigenvalue weighted by atomic mass is 10.2. The Balaban J connectivity index is 1.40. The minimum absolute atomic E-state index is 0.150. The van der Waals surface area contributed by atoms with Crippen LogP contribution in [0.1, 0.15) is 6.92 Å². The third kappa shape index (κ3) is 5.42. The minimum atomic E-state index is -0.704. The first-order chi connectivity index (χ1) is 13.6. The number of carbonyl (C=O) groups is 2. The highest BCUT2D eigenvalue weighted by Crippen LogP contribution is 2.30. The molecule has 1 atom stereocenters. The standard InChI is InChI=1S/C21H20N2O5/c1-15(24)23-16-7-6-8-17(13-16)26-12-5-4-11-22-21(25)20-14-27-18-9-2-3-10-19(18)28-20/h2-3,6-10,13,20H,11-12,14H2,1H3,(H,22,25)(H,23,24). The van der Waals surface area contributed by atoms with Crippen LogP contribution in [-0.2, 0) is 9.59 Å². The van der Waals surface area contributed by atoms with E-state index in [9.17, 15) is 9.59 Å². The molecule has 0 bridgehead atoms. The van der Waals surface area contributed by atoms with E-state index in [1.807, 2.05) is 12.1 Å².